The highest BCUT2D eigenvalue weighted by Gasteiger charge is 2.03. The lowest BCUT2D eigenvalue weighted by atomic mass is 10.2. The summed E-state index contributed by atoms with van der Waals surface area (Å²) < 4.78 is 0. The van der Waals surface area contributed by atoms with Crippen molar-refractivity contribution in [1.29, 1.82) is 0 Å². The Morgan fingerprint density at radius 2 is 1.50 bits per heavy atom. The fourth-order valence-electron chi connectivity index (χ4n) is 2.31. The van der Waals surface area contributed by atoms with Crippen LogP contribution in [0.4, 0.5) is 11.8 Å². The number of aryl methyl sites for hydroxylation is 1. The molecule has 24 heavy (non-hydrogen) atoms. The molecule has 0 atom stereocenters. The van der Waals surface area contributed by atoms with E-state index in [4.69, 9.17) is 11.6 Å². The smallest absolute Gasteiger partial charge is 0.225 e. The van der Waals surface area contributed by atoms with Crippen molar-refractivity contribution in [2.75, 3.05) is 10.6 Å². The summed E-state index contributed by atoms with van der Waals surface area (Å²) in [6, 6.07) is 19.9. The number of rotatable bonds is 6. The highest BCUT2D eigenvalue weighted by molar-refractivity contribution is 6.30. The van der Waals surface area contributed by atoms with E-state index in [1.165, 1.54) is 5.56 Å². The van der Waals surface area contributed by atoms with Gasteiger partial charge in [-0.25, -0.2) is 4.98 Å². The van der Waals surface area contributed by atoms with Crippen LogP contribution < -0.4 is 10.6 Å². The molecule has 0 aliphatic rings. The van der Waals surface area contributed by atoms with Gasteiger partial charge in [-0.2, -0.15) is 4.98 Å². The van der Waals surface area contributed by atoms with E-state index in [0.29, 0.717) is 19.0 Å². The van der Waals surface area contributed by atoms with Crippen molar-refractivity contribution in [2.24, 2.45) is 0 Å². The zero-order valence-electron chi connectivity index (χ0n) is 13.5. The zero-order valence-corrected chi connectivity index (χ0v) is 14.2. The Bertz CT molecular complexity index is 788. The summed E-state index contributed by atoms with van der Waals surface area (Å²) in [5.74, 6) is 1.42. The number of aromatic nitrogens is 2. The monoisotopic (exact) mass is 338 g/mol. The molecule has 5 heteroatoms. The van der Waals surface area contributed by atoms with Crippen LogP contribution in [0.5, 0.6) is 0 Å². The van der Waals surface area contributed by atoms with Crippen LogP contribution in [0, 0.1) is 6.92 Å². The second-order valence-corrected chi connectivity index (χ2v) is 5.97. The second kappa shape index (κ2) is 7.79. The molecule has 0 amide bonds. The third-order valence-corrected chi connectivity index (χ3v) is 3.79. The summed E-state index contributed by atoms with van der Waals surface area (Å²) in [7, 11) is 0. The van der Waals surface area contributed by atoms with Gasteiger partial charge in [0, 0.05) is 29.9 Å². The van der Waals surface area contributed by atoms with Crippen LogP contribution in [0.2, 0.25) is 5.02 Å². The molecule has 0 aliphatic carbocycles. The molecule has 0 spiro atoms. The minimum absolute atomic E-state index is 0.623. The molecule has 0 aliphatic heterocycles. The predicted octanol–water partition coefficient (Wildman–Crippen LogP) is 4.66. The van der Waals surface area contributed by atoms with Crippen LogP contribution in [-0.2, 0) is 13.1 Å². The molecule has 1 heterocycles. The van der Waals surface area contributed by atoms with Gasteiger partial charge < -0.3 is 10.6 Å². The van der Waals surface area contributed by atoms with Crippen LogP contribution in [-0.4, -0.2) is 9.97 Å². The van der Waals surface area contributed by atoms with Gasteiger partial charge in [0.1, 0.15) is 5.82 Å². The van der Waals surface area contributed by atoms with Crippen LogP contribution >= 0.6 is 11.6 Å². The van der Waals surface area contributed by atoms with Crippen LogP contribution in [0.3, 0.4) is 0 Å². The van der Waals surface area contributed by atoms with Crippen LogP contribution in [0.1, 0.15) is 16.8 Å². The maximum absolute atomic E-state index is 5.91. The Morgan fingerprint density at radius 3 is 2.25 bits per heavy atom. The number of hydrogen-bond donors (Lipinski definition) is 2. The summed E-state index contributed by atoms with van der Waals surface area (Å²) in [5.41, 5.74) is 3.26. The van der Waals surface area contributed by atoms with E-state index in [-0.39, 0.29) is 0 Å². The van der Waals surface area contributed by atoms with Crippen molar-refractivity contribution in [3.05, 3.63) is 82.5 Å². The summed E-state index contributed by atoms with van der Waals surface area (Å²) in [6.45, 7) is 3.34. The normalized spacial score (nSPS) is 10.4. The topological polar surface area (TPSA) is 49.8 Å². The fourth-order valence-corrected chi connectivity index (χ4v) is 2.44. The first kappa shape index (κ1) is 16.3. The van der Waals surface area contributed by atoms with Crippen molar-refractivity contribution in [2.45, 2.75) is 20.0 Å². The van der Waals surface area contributed by atoms with Gasteiger partial charge in [0.25, 0.3) is 0 Å². The number of nitrogens with zero attached hydrogens (tertiary/aromatic N) is 2. The maximum Gasteiger partial charge on any atom is 0.225 e. The lowest BCUT2D eigenvalue weighted by Crippen LogP contribution is -2.08. The molecule has 0 unspecified atom stereocenters. The van der Waals surface area contributed by atoms with E-state index in [1.807, 2.05) is 55.5 Å². The van der Waals surface area contributed by atoms with Gasteiger partial charge in [-0.05, 0) is 30.2 Å². The molecular weight excluding hydrogens is 320 g/mol. The van der Waals surface area contributed by atoms with Gasteiger partial charge in [-0.1, -0.05) is 54.1 Å². The largest absolute Gasteiger partial charge is 0.366 e. The predicted molar refractivity (Wildman–Crippen MR) is 99.3 cm³/mol. The van der Waals surface area contributed by atoms with E-state index in [1.54, 1.807) is 0 Å². The Labute approximate surface area is 146 Å². The molecule has 3 rings (SSSR count). The lowest BCUT2D eigenvalue weighted by Gasteiger charge is -2.10. The molecule has 0 saturated carbocycles. The number of nitrogens with one attached hydrogen (secondary N) is 2. The lowest BCUT2D eigenvalue weighted by molar-refractivity contribution is 1.01. The first-order chi connectivity index (χ1) is 11.7. The zero-order chi connectivity index (χ0) is 16.8. The second-order valence-electron chi connectivity index (χ2n) is 5.54. The Kier molecular flexibility index (Phi) is 5.29. The van der Waals surface area contributed by atoms with Gasteiger partial charge in [0.15, 0.2) is 0 Å². The summed E-state index contributed by atoms with van der Waals surface area (Å²) in [4.78, 5) is 8.96. The van der Waals surface area contributed by atoms with E-state index >= 15 is 0 Å². The molecule has 4 nitrogen and oxygen atoms in total. The number of benzene rings is 2. The molecule has 2 aromatic carbocycles. The third-order valence-electron chi connectivity index (χ3n) is 3.53. The van der Waals surface area contributed by atoms with Crippen molar-refractivity contribution in [3.63, 3.8) is 0 Å². The number of anilines is 2. The minimum Gasteiger partial charge on any atom is -0.366 e. The van der Waals surface area contributed by atoms with Gasteiger partial charge in [0.2, 0.25) is 5.95 Å². The fraction of sp³-hybridized carbons (Fsp3) is 0.158. The van der Waals surface area contributed by atoms with Crippen LogP contribution in [0.15, 0.2) is 60.7 Å². The molecular formula is C19H19ClN4. The Morgan fingerprint density at radius 1 is 0.833 bits per heavy atom. The highest BCUT2D eigenvalue weighted by atomic mass is 35.5. The highest BCUT2D eigenvalue weighted by Crippen LogP contribution is 2.14. The molecule has 0 radical (unpaired) electrons. The molecule has 0 fully saturated rings. The standard InChI is InChI=1S/C19H19ClN4/c1-14-11-18(21-12-16-7-9-17(20)10-8-16)24-19(23-14)22-13-15-5-3-2-4-6-15/h2-11H,12-13H2,1H3,(H2,21,22,23,24). The van der Waals surface area contributed by atoms with Gasteiger partial charge in [-0.15, -0.1) is 0 Å². The SMILES string of the molecule is Cc1cc(NCc2ccc(Cl)cc2)nc(NCc2ccccc2)n1. The maximum atomic E-state index is 5.91. The molecule has 3 aromatic rings. The summed E-state index contributed by atoms with van der Waals surface area (Å²) in [6.07, 6.45) is 0. The summed E-state index contributed by atoms with van der Waals surface area (Å²) >= 11 is 5.91. The third kappa shape index (κ3) is 4.70. The van der Waals surface area contributed by atoms with Crippen molar-refractivity contribution in [1.82, 2.24) is 9.97 Å². The van der Waals surface area contributed by atoms with E-state index in [0.717, 1.165) is 22.1 Å². The Hall–Kier alpha value is -2.59. The van der Waals surface area contributed by atoms with Crippen LogP contribution in [0.25, 0.3) is 0 Å². The van der Waals surface area contributed by atoms with Gasteiger partial charge in [0.05, 0.1) is 0 Å². The molecule has 1 aromatic heterocycles. The van der Waals surface area contributed by atoms with Gasteiger partial charge >= 0.3 is 0 Å². The number of hydrogen-bond acceptors (Lipinski definition) is 4. The molecule has 122 valence electrons. The van der Waals surface area contributed by atoms with E-state index in [9.17, 15) is 0 Å². The molecule has 0 saturated heterocycles. The van der Waals surface area contributed by atoms with Crippen molar-refractivity contribution < 1.29 is 0 Å². The minimum atomic E-state index is 0.623. The average Bonchev–Trinajstić information content (AvgIpc) is 2.60. The van der Waals surface area contributed by atoms with Crippen molar-refractivity contribution >= 4 is 23.4 Å². The van der Waals surface area contributed by atoms with Crippen molar-refractivity contribution in [3.8, 4) is 0 Å². The average molecular weight is 339 g/mol. The van der Waals surface area contributed by atoms with E-state index in [2.05, 4.69) is 32.7 Å². The molecule has 2 N–H and O–H groups in total. The Balaban J connectivity index is 1.63. The summed E-state index contributed by atoms with van der Waals surface area (Å²) in [5, 5.41) is 7.33. The van der Waals surface area contributed by atoms with Gasteiger partial charge in [-0.3, -0.25) is 0 Å². The quantitative estimate of drug-likeness (QED) is 0.686. The van der Waals surface area contributed by atoms with E-state index < -0.39 is 0 Å². The first-order valence-electron chi connectivity index (χ1n) is 7.81. The number of halogens is 1. The first-order valence-corrected chi connectivity index (χ1v) is 8.18. The molecule has 0 bridgehead atoms.